The lowest BCUT2D eigenvalue weighted by Gasteiger charge is -2.39. The Balaban J connectivity index is 1.69. The predicted molar refractivity (Wildman–Crippen MR) is 87.2 cm³/mol. The van der Waals surface area contributed by atoms with Crippen molar-refractivity contribution in [2.45, 2.75) is 64.0 Å². The standard InChI is InChI=1S/C17H32N4/c1-3-9-19-17(2,15-18)8-10-20-11-13-21(14-12-20)16-6-4-5-7-16/h16,19H,3-14H2,1-2H3. The monoisotopic (exact) mass is 292 g/mol. The lowest BCUT2D eigenvalue weighted by atomic mass is 9.99. The van der Waals surface area contributed by atoms with Crippen LogP contribution in [0.5, 0.6) is 0 Å². The highest BCUT2D eigenvalue weighted by molar-refractivity contribution is 5.04. The van der Waals surface area contributed by atoms with Crippen molar-refractivity contribution in [1.29, 1.82) is 5.26 Å². The Bertz CT molecular complexity index is 337. The number of nitrogens with one attached hydrogen (secondary N) is 1. The van der Waals surface area contributed by atoms with E-state index in [1.54, 1.807) is 0 Å². The van der Waals surface area contributed by atoms with E-state index in [1.165, 1.54) is 51.9 Å². The van der Waals surface area contributed by atoms with Crippen molar-refractivity contribution in [2.24, 2.45) is 0 Å². The van der Waals surface area contributed by atoms with Gasteiger partial charge in [-0.05, 0) is 39.2 Å². The third-order valence-corrected chi connectivity index (χ3v) is 5.19. The van der Waals surface area contributed by atoms with Crippen molar-refractivity contribution in [3.8, 4) is 6.07 Å². The molecule has 21 heavy (non-hydrogen) atoms. The van der Waals surface area contributed by atoms with Crippen LogP contribution < -0.4 is 5.32 Å². The Morgan fingerprint density at radius 1 is 1.19 bits per heavy atom. The van der Waals surface area contributed by atoms with Crippen LogP contribution in [-0.4, -0.2) is 60.6 Å². The molecule has 1 atom stereocenters. The molecule has 2 rings (SSSR count). The summed E-state index contributed by atoms with van der Waals surface area (Å²) in [7, 11) is 0. The van der Waals surface area contributed by atoms with Crippen LogP contribution in [0.2, 0.25) is 0 Å². The summed E-state index contributed by atoms with van der Waals surface area (Å²) in [6.45, 7) is 10.9. The van der Waals surface area contributed by atoms with Crippen LogP contribution in [0.15, 0.2) is 0 Å². The molecular weight excluding hydrogens is 260 g/mol. The summed E-state index contributed by atoms with van der Waals surface area (Å²) in [5.74, 6) is 0. The Hall–Kier alpha value is -0.630. The second kappa shape index (κ2) is 8.12. The number of piperazine rings is 1. The van der Waals surface area contributed by atoms with Crippen LogP contribution in [0, 0.1) is 11.3 Å². The molecule has 1 aliphatic carbocycles. The molecule has 1 saturated heterocycles. The fraction of sp³-hybridized carbons (Fsp3) is 0.941. The lowest BCUT2D eigenvalue weighted by Crippen LogP contribution is -2.51. The van der Waals surface area contributed by atoms with Gasteiger partial charge in [0.15, 0.2) is 0 Å². The molecule has 1 heterocycles. The molecule has 1 aliphatic heterocycles. The van der Waals surface area contributed by atoms with Crippen LogP contribution in [-0.2, 0) is 0 Å². The lowest BCUT2D eigenvalue weighted by molar-refractivity contribution is 0.0936. The molecule has 4 nitrogen and oxygen atoms in total. The van der Waals surface area contributed by atoms with Gasteiger partial charge in [-0.2, -0.15) is 5.26 Å². The van der Waals surface area contributed by atoms with Gasteiger partial charge in [0.05, 0.1) is 6.07 Å². The Kier molecular flexibility index (Phi) is 6.47. The molecule has 4 heteroatoms. The molecule has 0 radical (unpaired) electrons. The molecule has 0 aromatic heterocycles. The minimum atomic E-state index is -0.363. The smallest absolute Gasteiger partial charge is 0.105 e. The van der Waals surface area contributed by atoms with Crippen LogP contribution in [0.25, 0.3) is 0 Å². The Morgan fingerprint density at radius 3 is 2.43 bits per heavy atom. The van der Waals surface area contributed by atoms with E-state index in [9.17, 15) is 5.26 Å². The van der Waals surface area contributed by atoms with Crippen LogP contribution in [0.3, 0.4) is 0 Å². The summed E-state index contributed by atoms with van der Waals surface area (Å²) < 4.78 is 0. The van der Waals surface area contributed by atoms with Crippen molar-refractivity contribution in [2.75, 3.05) is 39.3 Å². The first-order valence-electron chi connectivity index (χ1n) is 8.79. The zero-order chi connectivity index (χ0) is 15.1. The van der Waals surface area contributed by atoms with E-state index in [0.29, 0.717) is 0 Å². The summed E-state index contributed by atoms with van der Waals surface area (Å²) in [5.41, 5.74) is -0.363. The van der Waals surface area contributed by atoms with Gasteiger partial charge in [-0.3, -0.25) is 10.2 Å². The third kappa shape index (κ3) is 4.95. The number of rotatable bonds is 7. The summed E-state index contributed by atoms with van der Waals surface area (Å²) in [6, 6.07) is 3.32. The first-order valence-corrected chi connectivity index (χ1v) is 8.79. The second-order valence-corrected chi connectivity index (χ2v) is 6.94. The summed E-state index contributed by atoms with van der Waals surface area (Å²) in [6.07, 6.45) is 7.67. The maximum absolute atomic E-state index is 9.39. The van der Waals surface area contributed by atoms with E-state index in [0.717, 1.165) is 32.0 Å². The van der Waals surface area contributed by atoms with Gasteiger partial charge < -0.3 is 4.90 Å². The Morgan fingerprint density at radius 2 is 1.86 bits per heavy atom. The minimum Gasteiger partial charge on any atom is -0.301 e. The molecule has 0 aromatic carbocycles. The Labute approximate surface area is 130 Å². The fourth-order valence-electron chi connectivity index (χ4n) is 3.59. The molecule has 1 unspecified atom stereocenters. The molecule has 120 valence electrons. The summed E-state index contributed by atoms with van der Waals surface area (Å²) in [4.78, 5) is 5.23. The average molecular weight is 292 g/mol. The fourth-order valence-corrected chi connectivity index (χ4v) is 3.59. The van der Waals surface area contributed by atoms with E-state index in [2.05, 4.69) is 28.1 Å². The molecule has 0 bridgehead atoms. The molecule has 0 aromatic rings. The molecular formula is C17H32N4. The predicted octanol–water partition coefficient (Wildman–Crippen LogP) is 2.22. The van der Waals surface area contributed by atoms with Crippen molar-refractivity contribution >= 4 is 0 Å². The first-order chi connectivity index (χ1) is 10.2. The molecule has 0 amide bonds. The van der Waals surface area contributed by atoms with Gasteiger partial charge in [0.25, 0.3) is 0 Å². The largest absolute Gasteiger partial charge is 0.301 e. The van der Waals surface area contributed by atoms with Crippen LogP contribution >= 0.6 is 0 Å². The van der Waals surface area contributed by atoms with Crippen molar-refractivity contribution in [3.05, 3.63) is 0 Å². The van der Waals surface area contributed by atoms with E-state index in [-0.39, 0.29) is 5.54 Å². The zero-order valence-corrected chi connectivity index (χ0v) is 13.9. The molecule has 0 spiro atoms. The van der Waals surface area contributed by atoms with Gasteiger partial charge in [0.2, 0.25) is 0 Å². The second-order valence-electron chi connectivity index (χ2n) is 6.94. The highest BCUT2D eigenvalue weighted by Gasteiger charge is 2.28. The topological polar surface area (TPSA) is 42.3 Å². The third-order valence-electron chi connectivity index (χ3n) is 5.19. The molecule has 2 aliphatic rings. The quantitative estimate of drug-likeness (QED) is 0.781. The van der Waals surface area contributed by atoms with E-state index >= 15 is 0 Å². The zero-order valence-electron chi connectivity index (χ0n) is 13.9. The van der Waals surface area contributed by atoms with E-state index < -0.39 is 0 Å². The van der Waals surface area contributed by atoms with Gasteiger partial charge in [-0.1, -0.05) is 19.8 Å². The maximum Gasteiger partial charge on any atom is 0.105 e. The minimum absolute atomic E-state index is 0.363. The normalized spacial score (nSPS) is 24.8. The highest BCUT2D eigenvalue weighted by Crippen LogP contribution is 2.24. The summed E-state index contributed by atoms with van der Waals surface area (Å²) in [5, 5.41) is 12.8. The van der Waals surface area contributed by atoms with Crippen molar-refractivity contribution in [1.82, 2.24) is 15.1 Å². The van der Waals surface area contributed by atoms with Gasteiger partial charge in [-0.25, -0.2) is 0 Å². The van der Waals surface area contributed by atoms with Gasteiger partial charge in [-0.15, -0.1) is 0 Å². The van der Waals surface area contributed by atoms with Crippen LogP contribution in [0.1, 0.15) is 52.4 Å². The number of nitriles is 1. The molecule has 1 saturated carbocycles. The number of hydrogen-bond donors (Lipinski definition) is 1. The van der Waals surface area contributed by atoms with E-state index in [4.69, 9.17) is 0 Å². The van der Waals surface area contributed by atoms with Crippen LogP contribution in [0.4, 0.5) is 0 Å². The number of nitrogens with zero attached hydrogens (tertiary/aromatic N) is 3. The average Bonchev–Trinajstić information content (AvgIpc) is 3.06. The molecule has 1 N–H and O–H groups in total. The van der Waals surface area contributed by atoms with Gasteiger partial charge in [0.1, 0.15) is 5.54 Å². The maximum atomic E-state index is 9.39. The molecule has 2 fully saturated rings. The number of hydrogen-bond acceptors (Lipinski definition) is 4. The van der Waals surface area contributed by atoms with Gasteiger partial charge >= 0.3 is 0 Å². The first kappa shape index (κ1) is 16.7. The summed E-state index contributed by atoms with van der Waals surface area (Å²) >= 11 is 0. The highest BCUT2D eigenvalue weighted by atomic mass is 15.3. The van der Waals surface area contributed by atoms with Gasteiger partial charge in [0, 0.05) is 38.8 Å². The van der Waals surface area contributed by atoms with Crippen molar-refractivity contribution in [3.63, 3.8) is 0 Å². The SMILES string of the molecule is CCCNC(C)(C#N)CCN1CCN(C2CCCC2)CC1. The van der Waals surface area contributed by atoms with E-state index in [1.807, 2.05) is 6.92 Å². The van der Waals surface area contributed by atoms with Crippen molar-refractivity contribution < 1.29 is 0 Å².